The summed E-state index contributed by atoms with van der Waals surface area (Å²) in [6, 6.07) is 6.43. The van der Waals surface area contributed by atoms with Gasteiger partial charge in [0.15, 0.2) is 5.16 Å². The number of hydrogen-bond acceptors (Lipinski definition) is 5. The van der Waals surface area contributed by atoms with Crippen LogP contribution in [0.15, 0.2) is 29.4 Å². The lowest BCUT2D eigenvalue weighted by molar-refractivity contribution is 0.0697. The van der Waals surface area contributed by atoms with E-state index in [0.717, 1.165) is 23.2 Å². The highest BCUT2D eigenvalue weighted by Crippen LogP contribution is 2.24. The Balaban J connectivity index is 1.75. The van der Waals surface area contributed by atoms with Gasteiger partial charge in [0.1, 0.15) is 11.6 Å². The SMILES string of the molecule is Cn1c(SCCCOc2ccc(C(=O)O)cc2)nnc1C(C)(C)C. The van der Waals surface area contributed by atoms with Crippen molar-refractivity contribution < 1.29 is 14.6 Å². The highest BCUT2D eigenvalue weighted by molar-refractivity contribution is 7.99. The van der Waals surface area contributed by atoms with E-state index in [1.54, 1.807) is 36.0 Å². The third-order valence-corrected chi connectivity index (χ3v) is 4.50. The van der Waals surface area contributed by atoms with Gasteiger partial charge in [0, 0.05) is 18.2 Å². The lowest BCUT2D eigenvalue weighted by Gasteiger charge is -2.16. The molecule has 0 aliphatic carbocycles. The Labute approximate surface area is 146 Å². The van der Waals surface area contributed by atoms with Crippen LogP contribution in [0, 0.1) is 0 Å². The van der Waals surface area contributed by atoms with Crippen LogP contribution >= 0.6 is 11.8 Å². The van der Waals surface area contributed by atoms with E-state index in [1.165, 1.54) is 0 Å². The minimum atomic E-state index is -0.934. The van der Waals surface area contributed by atoms with Crippen molar-refractivity contribution in [3.63, 3.8) is 0 Å². The Morgan fingerprint density at radius 3 is 2.46 bits per heavy atom. The third kappa shape index (κ3) is 4.74. The van der Waals surface area contributed by atoms with E-state index >= 15 is 0 Å². The van der Waals surface area contributed by atoms with E-state index < -0.39 is 5.97 Å². The van der Waals surface area contributed by atoms with Crippen molar-refractivity contribution in [1.29, 1.82) is 0 Å². The first-order chi connectivity index (χ1) is 11.3. The van der Waals surface area contributed by atoms with E-state index in [-0.39, 0.29) is 11.0 Å². The molecule has 6 nitrogen and oxygen atoms in total. The van der Waals surface area contributed by atoms with Gasteiger partial charge >= 0.3 is 5.97 Å². The van der Waals surface area contributed by atoms with Gasteiger partial charge in [0.2, 0.25) is 0 Å². The van der Waals surface area contributed by atoms with Crippen molar-refractivity contribution >= 4 is 17.7 Å². The van der Waals surface area contributed by atoms with Crippen molar-refractivity contribution in [3.8, 4) is 5.75 Å². The molecule has 0 bridgehead atoms. The summed E-state index contributed by atoms with van der Waals surface area (Å²) >= 11 is 1.66. The molecule has 0 saturated carbocycles. The molecule has 0 atom stereocenters. The summed E-state index contributed by atoms with van der Waals surface area (Å²) in [4.78, 5) is 10.8. The molecule has 0 radical (unpaired) electrons. The number of thioether (sulfide) groups is 1. The molecule has 0 aliphatic heterocycles. The van der Waals surface area contributed by atoms with E-state index in [9.17, 15) is 4.79 Å². The average molecular weight is 349 g/mol. The largest absolute Gasteiger partial charge is 0.494 e. The Kier molecular flexibility index (Phi) is 5.88. The van der Waals surface area contributed by atoms with E-state index in [0.29, 0.717) is 12.4 Å². The maximum Gasteiger partial charge on any atom is 0.335 e. The van der Waals surface area contributed by atoms with E-state index in [1.807, 2.05) is 11.6 Å². The van der Waals surface area contributed by atoms with Crippen LogP contribution in [0.25, 0.3) is 0 Å². The maximum atomic E-state index is 10.8. The topological polar surface area (TPSA) is 77.2 Å². The molecule has 2 aromatic rings. The van der Waals surface area contributed by atoms with Crippen LogP contribution in [0.1, 0.15) is 43.4 Å². The van der Waals surface area contributed by atoms with Crippen LogP contribution in [-0.4, -0.2) is 38.2 Å². The fourth-order valence-corrected chi connectivity index (χ4v) is 3.02. The number of carboxylic acid groups (broad SMARTS) is 1. The van der Waals surface area contributed by atoms with Crippen LogP contribution < -0.4 is 4.74 Å². The predicted molar refractivity (Wildman–Crippen MR) is 93.9 cm³/mol. The van der Waals surface area contributed by atoms with E-state index in [2.05, 4.69) is 31.0 Å². The molecule has 130 valence electrons. The lowest BCUT2D eigenvalue weighted by Crippen LogP contribution is -2.17. The zero-order valence-corrected chi connectivity index (χ0v) is 15.3. The molecule has 1 aromatic heterocycles. The molecule has 1 heterocycles. The van der Waals surface area contributed by atoms with Crippen molar-refractivity contribution in [2.45, 2.75) is 37.8 Å². The molecule has 0 fully saturated rings. The molecule has 2 rings (SSSR count). The number of carbonyl (C=O) groups is 1. The zero-order valence-electron chi connectivity index (χ0n) is 14.4. The highest BCUT2D eigenvalue weighted by Gasteiger charge is 2.21. The van der Waals surface area contributed by atoms with E-state index in [4.69, 9.17) is 9.84 Å². The van der Waals surface area contributed by atoms with Crippen molar-refractivity contribution in [2.24, 2.45) is 7.05 Å². The summed E-state index contributed by atoms with van der Waals surface area (Å²) in [6.45, 7) is 6.93. The minimum absolute atomic E-state index is 0.0220. The van der Waals surface area contributed by atoms with Crippen LogP contribution in [-0.2, 0) is 12.5 Å². The van der Waals surface area contributed by atoms with Crippen LogP contribution in [0.3, 0.4) is 0 Å². The molecule has 0 saturated heterocycles. The maximum absolute atomic E-state index is 10.8. The summed E-state index contributed by atoms with van der Waals surface area (Å²) in [6.07, 6.45) is 0.864. The summed E-state index contributed by atoms with van der Waals surface area (Å²) < 4.78 is 7.66. The second-order valence-corrected chi connectivity index (χ2v) is 7.56. The molecule has 0 aliphatic rings. The first-order valence-corrected chi connectivity index (χ1v) is 8.76. The Hall–Kier alpha value is -2.02. The predicted octanol–water partition coefficient (Wildman–Crippen LogP) is 3.37. The summed E-state index contributed by atoms with van der Waals surface area (Å²) in [5.41, 5.74) is 0.237. The van der Waals surface area contributed by atoms with Gasteiger partial charge in [0.25, 0.3) is 0 Å². The summed E-state index contributed by atoms with van der Waals surface area (Å²) in [7, 11) is 1.99. The van der Waals surface area contributed by atoms with Crippen LogP contribution in [0.4, 0.5) is 0 Å². The molecule has 0 amide bonds. The second kappa shape index (κ2) is 7.70. The van der Waals surface area contributed by atoms with Crippen molar-refractivity contribution in [2.75, 3.05) is 12.4 Å². The normalized spacial score (nSPS) is 11.5. The van der Waals surface area contributed by atoms with Gasteiger partial charge in [-0.1, -0.05) is 32.5 Å². The van der Waals surface area contributed by atoms with Gasteiger partial charge in [-0.15, -0.1) is 10.2 Å². The smallest absolute Gasteiger partial charge is 0.335 e. The number of aromatic carboxylic acids is 1. The molecule has 24 heavy (non-hydrogen) atoms. The van der Waals surface area contributed by atoms with Crippen LogP contribution in [0.2, 0.25) is 0 Å². The average Bonchev–Trinajstić information content (AvgIpc) is 2.88. The van der Waals surface area contributed by atoms with Gasteiger partial charge in [-0.2, -0.15) is 0 Å². The monoisotopic (exact) mass is 349 g/mol. The summed E-state index contributed by atoms with van der Waals surface area (Å²) in [5.74, 6) is 1.60. The van der Waals surface area contributed by atoms with Gasteiger partial charge in [-0.25, -0.2) is 4.79 Å². The number of aromatic nitrogens is 3. The first-order valence-electron chi connectivity index (χ1n) is 7.78. The molecule has 7 heteroatoms. The minimum Gasteiger partial charge on any atom is -0.494 e. The number of nitrogens with zero attached hydrogens (tertiary/aromatic N) is 3. The van der Waals surface area contributed by atoms with Crippen molar-refractivity contribution in [1.82, 2.24) is 14.8 Å². The molecule has 1 N–H and O–H groups in total. The molecule has 0 spiro atoms. The fraction of sp³-hybridized carbons (Fsp3) is 0.471. The van der Waals surface area contributed by atoms with Gasteiger partial charge in [0.05, 0.1) is 12.2 Å². The number of carboxylic acids is 1. The zero-order chi connectivity index (χ0) is 17.7. The summed E-state index contributed by atoms with van der Waals surface area (Å²) in [5, 5.41) is 18.3. The fourth-order valence-electron chi connectivity index (χ4n) is 2.20. The molecular weight excluding hydrogens is 326 g/mol. The van der Waals surface area contributed by atoms with Crippen molar-refractivity contribution in [3.05, 3.63) is 35.7 Å². The number of benzene rings is 1. The molecular formula is C17H23N3O3S. The molecule has 1 aromatic carbocycles. The Bertz CT molecular complexity index is 690. The van der Waals surface area contributed by atoms with Gasteiger partial charge < -0.3 is 14.4 Å². The van der Waals surface area contributed by atoms with Gasteiger partial charge in [-0.05, 0) is 30.7 Å². The highest BCUT2D eigenvalue weighted by atomic mass is 32.2. The number of rotatable bonds is 7. The Morgan fingerprint density at radius 1 is 1.25 bits per heavy atom. The standard InChI is InChI=1S/C17H23N3O3S/c1-17(2,3)15-18-19-16(20(15)4)24-11-5-10-23-13-8-6-12(7-9-13)14(21)22/h6-9H,5,10-11H2,1-4H3,(H,21,22). The van der Waals surface area contributed by atoms with Gasteiger partial charge in [-0.3, -0.25) is 0 Å². The quantitative estimate of drug-likeness (QED) is 0.610. The first kappa shape index (κ1) is 18.3. The number of hydrogen-bond donors (Lipinski definition) is 1. The lowest BCUT2D eigenvalue weighted by atomic mass is 9.96. The molecule has 0 unspecified atom stereocenters. The van der Waals surface area contributed by atoms with Crippen LogP contribution in [0.5, 0.6) is 5.75 Å². The Morgan fingerprint density at radius 2 is 1.92 bits per heavy atom. The number of ether oxygens (including phenoxy) is 1. The third-order valence-electron chi connectivity index (χ3n) is 3.40. The second-order valence-electron chi connectivity index (χ2n) is 6.50.